The van der Waals surface area contributed by atoms with Crippen molar-refractivity contribution in [3.05, 3.63) is 82.5 Å². The molecule has 6 heteroatoms. The minimum Gasteiger partial charge on any atom is -0.481 e. The maximum absolute atomic E-state index is 11.5. The average Bonchev–Trinajstić information content (AvgIpc) is 3.57. The van der Waals surface area contributed by atoms with Crippen molar-refractivity contribution in [2.45, 2.75) is 60.3 Å². The van der Waals surface area contributed by atoms with E-state index in [9.17, 15) is 9.90 Å². The lowest BCUT2D eigenvalue weighted by atomic mass is 9.98. The summed E-state index contributed by atoms with van der Waals surface area (Å²) in [5.74, 6) is -0.824. The molecule has 0 saturated carbocycles. The minimum absolute atomic E-state index is 0.0413. The number of aliphatic carboxylic acids is 1. The van der Waals surface area contributed by atoms with E-state index in [4.69, 9.17) is 9.97 Å². The van der Waals surface area contributed by atoms with Crippen molar-refractivity contribution in [3.8, 4) is 0 Å². The third kappa shape index (κ3) is 4.64. The van der Waals surface area contributed by atoms with Gasteiger partial charge in [0, 0.05) is 39.6 Å². The summed E-state index contributed by atoms with van der Waals surface area (Å²) in [6.07, 6.45) is 6.09. The lowest BCUT2D eigenvalue weighted by Gasteiger charge is -2.04. The van der Waals surface area contributed by atoms with Crippen molar-refractivity contribution in [2.75, 3.05) is 0 Å². The third-order valence-electron chi connectivity index (χ3n) is 8.13. The minimum atomic E-state index is -0.824. The van der Waals surface area contributed by atoms with Crippen LogP contribution in [0.25, 0.3) is 56.5 Å². The van der Waals surface area contributed by atoms with Crippen LogP contribution < -0.4 is 0 Å². The van der Waals surface area contributed by atoms with Gasteiger partial charge in [-0.05, 0) is 98.2 Å². The van der Waals surface area contributed by atoms with Crippen molar-refractivity contribution >= 4 is 62.5 Å². The van der Waals surface area contributed by atoms with E-state index >= 15 is 0 Å². The van der Waals surface area contributed by atoms with Crippen LogP contribution >= 0.6 is 0 Å². The molecule has 8 bridgehead atoms. The summed E-state index contributed by atoms with van der Waals surface area (Å²) in [4.78, 5) is 28.8. The number of hydrogen-bond donors (Lipinski definition) is 3. The van der Waals surface area contributed by atoms with Gasteiger partial charge in [-0.1, -0.05) is 38.7 Å². The number of carboxylic acids is 1. The van der Waals surface area contributed by atoms with Gasteiger partial charge in [0.25, 0.3) is 0 Å². The molecule has 0 spiro atoms. The Hall–Kier alpha value is -4.45. The second-order valence-electron chi connectivity index (χ2n) is 10.6. The average molecular weight is 533 g/mol. The van der Waals surface area contributed by atoms with Gasteiger partial charge in [0.1, 0.15) is 0 Å². The summed E-state index contributed by atoms with van der Waals surface area (Å²) in [6.45, 7) is 18.7. The van der Waals surface area contributed by atoms with Gasteiger partial charge >= 0.3 is 5.97 Å². The molecule has 5 rings (SSSR count). The van der Waals surface area contributed by atoms with Gasteiger partial charge < -0.3 is 15.1 Å². The largest absolute Gasteiger partial charge is 0.481 e. The Bertz CT molecular complexity index is 1810. The summed E-state index contributed by atoms with van der Waals surface area (Å²) < 4.78 is 0. The first-order valence-electron chi connectivity index (χ1n) is 13.8. The van der Waals surface area contributed by atoms with Crippen LogP contribution in [0.5, 0.6) is 0 Å². The monoisotopic (exact) mass is 532 g/mol. The van der Waals surface area contributed by atoms with E-state index in [0.717, 1.165) is 96.7 Å². The lowest BCUT2D eigenvalue weighted by Crippen LogP contribution is -1.95. The summed E-state index contributed by atoms with van der Waals surface area (Å²) in [6, 6.07) is 8.32. The molecule has 0 unspecified atom stereocenters. The molecule has 204 valence electrons. The predicted octanol–water partition coefficient (Wildman–Crippen LogP) is 8.74. The van der Waals surface area contributed by atoms with Gasteiger partial charge in [-0.15, -0.1) is 0 Å². The Morgan fingerprint density at radius 1 is 0.750 bits per heavy atom. The van der Waals surface area contributed by atoms with E-state index in [0.29, 0.717) is 6.42 Å². The van der Waals surface area contributed by atoms with Crippen molar-refractivity contribution in [3.63, 3.8) is 0 Å². The van der Waals surface area contributed by atoms with Crippen LogP contribution in [0.15, 0.2) is 37.4 Å². The molecule has 0 aliphatic carbocycles. The van der Waals surface area contributed by atoms with Crippen LogP contribution in [-0.4, -0.2) is 31.0 Å². The topological polar surface area (TPSA) is 94.7 Å². The fourth-order valence-electron chi connectivity index (χ4n) is 5.78. The first-order chi connectivity index (χ1) is 19.2. The van der Waals surface area contributed by atoms with Crippen LogP contribution in [0, 0.1) is 13.8 Å². The summed E-state index contributed by atoms with van der Waals surface area (Å²) in [5, 5.41) is 9.45. The number of fused-ring (bicyclic) bond motifs is 8. The molecule has 0 fully saturated rings. The van der Waals surface area contributed by atoms with E-state index in [1.807, 2.05) is 31.2 Å². The second-order valence-corrected chi connectivity index (χ2v) is 10.6. The van der Waals surface area contributed by atoms with Gasteiger partial charge in [0.05, 0.1) is 22.8 Å². The Kier molecular flexibility index (Phi) is 7.19. The van der Waals surface area contributed by atoms with Crippen molar-refractivity contribution in [1.82, 2.24) is 19.9 Å². The quantitative estimate of drug-likeness (QED) is 0.283. The molecule has 40 heavy (non-hydrogen) atoms. The van der Waals surface area contributed by atoms with Gasteiger partial charge in [-0.2, -0.15) is 0 Å². The third-order valence-corrected chi connectivity index (χ3v) is 8.13. The zero-order valence-corrected chi connectivity index (χ0v) is 24.0. The molecular formula is C34H36N4O2. The molecule has 0 atom stereocenters. The van der Waals surface area contributed by atoms with E-state index < -0.39 is 5.97 Å². The molecule has 2 aliphatic rings. The first-order valence-corrected chi connectivity index (χ1v) is 13.8. The van der Waals surface area contributed by atoms with Gasteiger partial charge in [-0.3, -0.25) is 4.79 Å². The Balaban J connectivity index is 1.95. The number of nitrogens with zero attached hydrogens (tertiary/aromatic N) is 2. The Morgan fingerprint density at radius 3 is 1.73 bits per heavy atom. The molecule has 5 heterocycles. The summed E-state index contributed by atoms with van der Waals surface area (Å²) in [7, 11) is 0. The smallest absolute Gasteiger partial charge is 0.303 e. The standard InChI is InChI=1S/C34H36N4O2/c1-8-11-24-20(6)27-14-26-18(4)22(9-2)30(35-26)15-28-19(5)23(10-3)31(36-28)16-29-21(7)25(12-13-34(39)40)33(38-29)17-32(24)37-27/h9-10,14-17,35-36H,2-3,8,11-13H2,1,4-7H3,(H,39,40). The van der Waals surface area contributed by atoms with Crippen LogP contribution in [0.3, 0.4) is 0 Å². The number of carboxylic acid groups (broad SMARTS) is 1. The number of rotatable bonds is 7. The predicted molar refractivity (Wildman–Crippen MR) is 167 cm³/mol. The number of nitrogens with one attached hydrogen (secondary N) is 2. The maximum atomic E-state index is 11.5. The molecule has 6 nitrogen and oxygen atoms in total. The van der Waals surface area contributed by atoms with Gasteiger partial charge in [0.15, 0.2) is 0 Å². The number of aryl methyl sites for hydroxylation is 2. The van der Waals surface area contributed by atoms with Crippen LogP contribution in [0.1, 0.15) is 91.5 Å². The highest BCUT2D eigenvalue weighted by molar-refractivity contribution is 5.96. The number of hydrogen-bond acceptors (Lipinski definition) is 3. The number of allylic oxidation sites excluding steroid dienone is 4. The van der Waals surface area contributed by atoms with E-state index in [2.05, 4.69) is 63.0 Å². The second kappa shape index (κ2) is 10.6. The molecule has 3 N–H and O–H groups in total. The number of aromatic amines is 2. The highest BCUT2D eigenvalue weighted by atomic mass is 16.4. The van der Waals surface area contributed by atoms with Gasteiger partial charge in [0.2, 0.25) is 0 Å². The fraction of sp³-hybridized carbons (Fsp3) is 0.265. The summed E-state index contributed by atoms with van der Waals surface area (Å²) >= 11 is 0. The molecule has 0 aromatic carbocycles. The molecule has 3 aromatic rings. The highest BCUT2D eigenvalue weighted by Crippen LogP contribution is 2.38. The van der Waals surface area contributed by atoms with Crippen LogP contribution in [0.4, 0.5) is 0 Å². The molecule has 0 radical (unpaired) electrons. The fourth-order valence-corrected chi connectivity index (χ4v) is 5.78. The van der Waals surface area contributed by atoms with Crippen molar-refractivity contribution < 1.29 is 9.90 Å². The zero-order valence-electron chi connectivity index (χ0n) is 24.0. The molecular weight excluding hydrogens is 496 g/mol. The van der Waals surface area contributed by atoms with E-state index in [1.54, 1.807) is 0 Å². The van der Waals surface area contributed by atoms with Crippen LogP contribution in [0.2, 0.25) is 0 Å². The van der Waals surface area contributed by atoms with Crippen molar-refractivity contribution in [2.24, 2.45) is 0 Å². The first kappa shape index (κ1) is 27.1. The number of carbonyl (C=O) groups is 1. The van der Waals surface area contributed by atoms with Crippen molar-refractivity contribution in [1.29, 1.82) is 0 Å². The molecule has 3 aromatic heterocycles. The van der Waals surface area contributed by atoms with Gasteiger partial charge in [-0.25, -0.2) is 9.97 Å². The number of aromatic nitrogens is 4. The summed E-state index contributed by atoms with van der Waals surface area (Å²) in [5.41, 5.74) is 15.8. The number of H-pyrrole nitrogens is 2. The van der Waals surface area contributed by atoms with Crippen LogP contribution in [-0.2, 0) is 4.79 Å². The van der Waals surface area contributed by atoms with E-state index in [-0.39, 0.29) is 6.42 Å². The SMILES string of the molecule is C=Cc1c(C)c2cc3[nH]c(cc4nc(cc5nc(cc1[nH]2)C(C)=C5CCC(=O)O)C(CCC)=C4C)c(C)c3C=C. The zero-order chi connectivity index (χ0) is 28.7. The maximum Gasteiger partial charge on any atom is 0.303 e. The molecule has 0 saturated heterocycles. The molecule has 0 amide bonds. The Labute approximate surface area is 234 Å². The normalized spacial score (nSPS) is 13.2. The molecule has 2 aliphatic heterocycles. The highest BCUT2D eigenvalue weighted by Gasteiger charge is 2.22. The van der Waals surface area contributed by atoms with E-state index in [1.165, 1.54) is 5.57 Å². The lowest BCUT2D eigenvalue weighted by molar-refractivity contribution is -0.136. The Morgan fingerprint density at radius 2 is 1.23 bits per heavy atom.